The van der Waals surface area contributed by atoms with Gasteiger partial charge in [-0.3, -0.25) is 4.79 Å². The van der Waals surface area contributed by atoms with Gasteiger partial charge in [0.25, 0.3) is 0 Å². The molecule has 0 N–H and O–H groups in total. The Kier molecular flexibility index (Phi) is 4.04. The van der Waals surface area contributed by atoms with Gasteiger partial charge >= 0.3 is 0 Å². The largest absolute Gasteiger partial charge is 0.345 e. The first-order chi connectivity index (χ1) is 7.81. The molecule has 0 amide bonds. The molecule has 1 aromatic heterocycles. The highest BCUT2D eigenvalue weighted by molar-refractivity contribution is 7.13. The summed E-state index contributed by atoms with van der Waals surface area (Å²) < 4.78 is 10.7. The summed E-state index contributed by atoms with van der Waals surface area (Å²) in [5.74, 6) is 0.121. The van der Waals surface area contributed by atoms with E-state index in [4.69, 9.17) is 9.47 Å². The van der Waals surface area contributed by atoms with E-state index in [-0.39, 0.29) is 12.1 Å². The van der Waals surface area contributed by atoms with Crippen LogP contribution in [0.4, 0.5) is 0 Å². The summed E-state index contributed by atoms with van der Waals surface area (Å²) in [6.07, 6.45) is 3.89. The first kappa shape index (κ1) is 11.7. The molecule has 1 aromatic rings. The third-order valence-corrected chi connectivity index (χ3v) is 3.43. The number of rotatable bonds is 5. The average Bonchev–Trinajstić information content (AvgIpc) is 2.94. The molecule has 1 fully saturated rings. The molecule has 0 spiro atoms. The summed E-state index contributed by atoms with van der Waals surface area (Å²) in [6, 6.07) is 0. The van der Waals surface area contributed by atoms with E-state index in [0.717, 1.165) is 17.7 Å². The van der Waals surface area contributed by atoms with Crippen LogP contribution in [0.5, 0.6) is 0 Å². The molecule has 4 nitrogen and oxygen atoms in total. The summed E-state index contributed by atoms with van der Waals surface area (Å²) >= 11 is 1.38. The fourth-order valence-electron chi connectivity index (χ4n) is 1.49. The van der Waals surface area contributed by atoms with E-state index in [1.807, 2.05) is 0 Å². The van der Waals surface area contributed by atoms with E-state index in [1.54, 1.807) is 6.20 Å². The fraction of sp³-hybridized carbons (Fsp3) is 0.636. The van der Waals surface area contributed by atoms with Gasteiger partial charge in [-0.2, -0.15) is 0 Å². The molecule has 1 saturated heterocycles. The number of hydrogen-bond acceptors (Lipinski definition) is 5. The molecule has 0 saturated carbocycles. The topological polar surface area (TPSA) is 48.4 Å². The van der Waals surface area contributed by atoms with Gasteiger partial charge in [-0.25, -0.2) is 4.98 Å². The van der Waals surface area contributed by atoms with Crippen LogP contribution in [0.2, 0.25) is 0 Å². The smallest absolute Gasteiger partial charge is 0.194 e. The van der Waals surface area contributed by atoms with Crippen LogP contribution in [0, 0.1) is 0 Å². The minimum absolute atomic E-state index is 0.121. The monoisotopic (exact) mass is 241 g/mol. The summed E-state index contributed by atoms with van der Waals surface area (Å²) in [7, 11) is 0. The van der Waals surface area contributed by atoms with Crippen LogP contribution >= 0.6 is 11.3 Å². The first-order valence-corrected chi connectivity index (χ1v) is 6.35. The van der Waals surface area contributed by atoms with Crippen molar-refractivity contribution in [2.75, 3.05) is 13.2 Å². The van der Waals surface area contributed by atoms with Crippen LogP contribution < -0.4 is 0 Å². The number of hydrogen-bond donors (Lipinski definition) is 0. The fourth-order valence-corrected chi connectivity index (χ4v) is 2.37. The molecular weight excluding hydrogens is 226 g/mol. The van der Waals surface area contributed by atoms with Crippen molar-refractivity contribution in [3.63, 3.8) is 0 Å². The van der Waals surface area contributed by atoms with Crippen LogP contribution in [-0.2, 0) is 9.47 Å². The molecule has 0 atom stereocenters. The molecule has 2 rings (SSSR count). The van der Waals surface area contributed by atoms with Crippen molar-refractivity contribution in [1.82, 2.24) is 4.98 Å². The number of carbonyl (C=O) groups excluding carboxylic acids is 1. The zero-order valence-corrected chi connectivity index (χ0v) is 10.1. The van der Waals surface area contributed by atoms with Gasteiger partial charge in [0.15, 0.2) is 17.1 Å². The summed E-state index contributed by atoms with van der Waals surface area (Å²) in [4.78, 5) is 16.7. The van der Waals surface area contributed by atoms with E-state index in [2.05, 4.69) is 11.9 Å². The maximum absolute atomic E-state index is 11.7. The lowest BCUT2D eigenvalue weighted by atomic mass is 10.2. The Morgan fingerprint density at radius 1 is 1.56 bits per heavy atom. The van der Waals surface area contributed by atoms with Gasteiger partial charge in [-0.15, -0.1) is 11.3 Å². The Morgan fingerprint density at radius 2 is 2.31 bits per heavy atom. The summed E-state index contributed by atoms with van der Waals surface area (Å²) in [6.45, 7) is 3.30. The molecule has 0 radical (unpaired) electrons. The predicted octanol–water partition coefficient (Wildman–Crippen LogP) is 2.56. The SMILES string of the molecule is CCCCC(=O)c1ncc(C2OCCO2)s1. The van der Waals surface area contributed by atoms with Crippen molar-refractivity contribution in [2.24, 2.45) is 0 Å². The second kappa shape index (κ2) is 5.52. The molecule has 88 valence electrons. The molecule has 0 aliphatic carbocycles. The third kappa shape index (κ3) is 2.66. The van der Waals surface area contributed by atoms with Crippen LogP contribution in [-0.4, -0.2) is 24.0 Å². The van der Waals surface area contributed by atoms with Gasteiger partial charge in [0.05, 0.1) is 18.1 Å². The molecule has 0 aromatic carbocycles. The average molecular weight is 241 g/mol. The number of ketones is 1. The number of nitrogens with zero attached hydrogens (tertiary/aromatic N) is 1. The maximum atomic E-state index is 11.7. The summed E-state index contributed by atoms with van der Waals surface area (Å²) in [5.41, 5.74) is 0. The van der Waals surface area contributed by atoms with Gasteiger partial charge in [0.2, 0.25) is 0 Å². The van der Waals surface area contributed by atoms with E-state index in [9.17, 15) is 4.79 Å². The molecule has 0 bridgehead atoms. The second-order valence-electron chi connectivity index (χ2n) is 3.67. The lowest BCUT2D eigenvalue weighted by Gasteiger charge is -2.03. The van der Waals surface area contributed by atoms with Crippen LogP contribution in [0.15, 0.2) is 6.20 Å². The van der Waals surface area contributed by atoms with E-state index < -0.39 is 0 Å². The van der Waals surface area contributed by atoms with E-state index >= 15 is 0 Å². The highest BCUT2D eigenvalue weighted by atomic mass is 32.1. The second-order valence-corrected chi connectivity index (χ2v) is 4.73. The van der Waals surface area contributed by atoms with Gasteiger partial charge in [0.1, 0.15) is 0 Å². The van der Waals surface area contributed by atoms with Crippen molar-refractivity contribution in [1.29, 1.82) is 0 Å². The number of thiazole rings is 1. The minimum atomic E-state index is -0.315. The Morgan fingerprint density at radius 3 is 3.00 bits per heavy atom. The van der Waals surface area contributed by atoms with Crippen LogP contribution in [0.3, 0.4) is 0 Å². The maximum Gasteiger partial charge on any atom is 0.194 e. The molecule has 0 unspecified atom stereocenters. The van der Waals surface area contributed by atoms with Crippen molar-refractivity contribution < 1.29 is 14.3 Å². The van der Waals surface area contributed by atoms with Crippen LogP contribution in [0.25, 0.3) is 0 Å². The van der Waals surface area contributed by atoms with Crippen LogP contribution in [0.1, 0.15) is 47.2 Å². The Bertz CT molecular complexity index is 358. The standard InChI is InChI=1S/C11H15NO3S/c1-2-3-4-8(13)10-12-7-9(16-10)11-14-5-6-15-11/h7,11H,2-6H2,1H3. The molecule has 1 aliphatic heterocycles. The Labute approximate surface area is 98.6 Å². The highest BCUT2D eigenvalue weighted by Crippen LogP contribution is 2.28. The Hall–Kier alpha value is -0.780. The number of carbonyl (C=O) groups is 1. The van der Waals surface area contributed by atoms with Gasteiger partial charge in [0, 0.05) is 12.6 Å². The van der Waals surface area contributed by atoms with Crippen molar-refractivity contribution in [3.05, 3.63) is 16.1 Å². The normalized spacial score (nSPS) is 16.8. The van der Waals surface area contributed by atoms with E-state index in [1.165, 1.54) is 11.3 Å². The van der Waals surface area contributed by atoms with Crippen molar-refractivity contribution in [3.8, 4) is 0 Å². The minimum Gasteiger partial charge on any atom is -0.345 e. The molecule has 1 aliphatic rings. The Balaban J connectivity index is 1.98. The van der Waals surface area contributed by atoms with Gasteiger partial charge < -0.3 is 9.47 Å². The van der Waals surface area contributed by atoms with Gasteiger partial charge in [-0.1, -0.05) is 13.3 Å². The number of Topliss-reactive ketones (excluding diaryl/α,β-unsaturated/α-hetero) is 1. The first-order valence-electron chi connectivity index (χ1n) is 5.53. The number of ether oxygens (including phenoxy) is 2. The highest BCUT2D eigenvalue weighted by Gasteiger charge is 2.22. The van der Waals surface area contributed by atoms with Crippen molar-refractivity contribution >= 4 is 17.1 Å². The molecular formula is C11H15NO3S. The molecule has 2 heterocycles. The zero-order chi connectivity index (χ0) is 11.4. The quantitative estimate of drug-likeness (QED) is 0.743. The summed E-state index contributed by atoms with van der Waals surface area (Å²) in [5, 5.41) is 0.572. The number of aromatic nitrogens is 1. The van der Waals surface area contributed by atoms with E-state index in [0.29, 0.717) is 24.6 Å². The lowest BCUT2D eigenvalue weighted by Crippen LogP contribution is -1.97. The van der Waals surface area contributed by atoms with Gasteiger partial charge in [-0.05, 0) is 6.42 Å². The van der Waals surface area contributed by atoms with Crippen molar-refractivity contribution in [2.45, 2.75) is 32.5 Å². The molecule has 5 heteroatoms. The lowest BCUT2D eigenvalue weighted by molar-refractivity contribution is -0.0414. The number of unbranched alkanes of at least 4 members (excludes halogenated alkanes) is 1. The predicted molar refractivity (Wildman–Crippen MR) is 60.6 cm³/mol. The molecule has 16 heavy (non-hydrogen) atoms. The third-order valence-electron chi connectivity index (χ3n) is 2.37. The zero-order valence-electron chi connectivity index (χ0n) is 9.27.